The molecule has 1 heterocycles. The number of aromatic nitrogens is 1. The van der Waals surface area contributed by atoms with Gasteiger partial charge in [0.05, 0.1) is 17.6 Å². The molecule has 2 aromatic carbocycles. The van der Waals surface area contributed by atoms with E-state index in [1.54, 1.807) is 4.68 Å². The van der Waals surface area contributed by atoms with E-state index >= 15 is 0 Å². The number of phenolic OH excluding ortho intramolecular Hbond substituents is 3. The van der Waals surface area contributed by atoms with Gasteiger partial charge in [-0.25, -0.2) is 9.67 Å². The number of phenols is 3. The lowest BCUT2D eigenvalue weighted by Crippen LogP contribution is -2.11. The molecule has 1 aromatic heterocycles. The Morgan fingerprint density at radius 1 is 1.00 bits per heavy atom. The zero-order chi connectivity index (χ0) is 18.8. The summed E-state index contributed by atoms with van der Waals surface area (Å²) in [4.78, 5) is 5.39. The summed E-state index contributed by atoms with van der Waals surface area (Å²) in [5.74, 6) is -1.37. The van der Waals surface area contributed by atoms with Crippen LogP contribution in [-0.2, 0) is 0 Å². The van der Waals surface area contributed by atoms with Gasteiger partial charge >= 0.3 is 0 Å². The molecule has 3 aromatic rings. The minimum absolute atomic E-state index is 0.288. The number of hydrogen-bond acceptors (Lipinski definition) is 6. The Balaban J connectivity index is 2.05. The van der Waals surface area contributed by atoms with E-state index in [1.165, 1.54) is 29.7 Å². The molecule has 7 heteroatoms. The van der Waals surface area contributed by atoms with Crippen LogP contribution in [0.15, 0.2) is 45.8 Å². The number of rotatable bonds is 3. The van der Waals surface area contributed by atoms with Gasteiger partial charge in [-0.2, -0.15) is 5.10 Å². The lowest BCUT2D eigenvalue weighted by Gasteiger charge is -2.04. The van der Waals surface area contributed by atoms with Crippen molar-refractivity contribution in [3.63, 3.8) is 0 Å². The predicted molar refractivity (Wildman–Crippen MR) is 103 cm³/mol. The Kier molecular flexibility index (Phi) is 4.81. The van der Waals surface area contributed by atoms with Gasteiger partial charge in [-0.05, 0) is 50.1 Å². The van der Waals surface area contributed by atoms with Crippen molar-refractivity contribution in [3.05, 3.63) is 62.9 Å². The standard InChI is InChI=1S/C19H19N3O3S/c1-11-4-5-12(2)15(8-11)21-19-22(13(3)10-26-19)20-9-14-6-7-16(23)18(25)17(14)24/h4-10,23-25H,1-3H3. The van der Waals surface area contributed by atoms with Crippen LogP contribution in [0.1, 0.15) is 22.4 Å². The third kappa shape index (κ3) is 3.48. The fourth-order valence-electron chi connectivity index (χ4n) is 2.35. The molecule has 3 rings (SSSR count). The fourth-order valence-corrected chi connectivity index (χ4v) is 3.17. The number of aryl methyl sites for hydroxylation is 3. The van der Waals surface area contributed by atoms with Gasteiger partial charge in [0.1, 0.15) is 0 Å². The first kappa shape index (κ1) is 17.8. The fraction of sp³-hybridized carbons (Fsp3) is 0.158. The van der Waals surface area contributed by atoms with Gasteiger partial charge in [-0.3, -0.25) is 0 Å². The minimum atomic E-state index is -0.568. The average Bonchev–Trinajstić information content (AvgIpc) is 2.95. The van der Waals surface area contributed by atoms with Crippen LogP contribution in [0.4, 0.5) is 5.69 Å². The maximum Gasteiger partial charge on any atom is 0.211 e. The third-order valence-corrected chi connectivity index (χ3v) is 4.84. The first-order chi connectivity index (χ1) is 12.4. The lowest BCUT2D eigenvalue weighted by atomic mass is 10.1. The molecule has 0 spiro atoms. The number of thiazole rings is 1. The smallest absolute Gasteiger partial charge is 0.211 e. The summed E-state index contributed by atoms with van der Waals surface area (Å²) < 4.78 is 1.66. The van der Waals surface area contributed by atoms with Crippen molar-refractivity contribution >= 4 is 23.2 Å². The van der Waals surface area contributed by atoms with Crippen LogP contribution in [-0.4, -0.2) is 26.2 Å². The van der Waals surface area contributed by atoms with E-state index in [2.05, 4.69) is 5.10 Å². The molecule has 0 saturated carbocycles. The molecule has 134 valence electrons. The second-order valence-corrected chi connectivity index (χ2v) is 6.83. The Morgan fingerprint density at radius 2 is 1.77 bits per heavy atom. The highest BCUT2D eigenvalue weighted by molar-refractivity contribution is 7.07. The van der Waals surface area contributed by atoms with Crippen molar-refractivity contribution in [2.24, 2.45) is 10.1 Å². The van der Waals surface area contributed by atoms with Crippen LogP contribution in [0.2, 0.25) is 0 Å². The Morgan fingerprint density at radius 3 is 2.54 bits per heavy atom. The molecule has 0 fully saturated rings. The Bertz CT molecular complexity index is 1060. The van der Waals surface area contributed by atoms with Gasteiger partial charge < -0.3 is 15.3 Å². The molecule has 0 aliphatic carbocycles. The monoisotopic (exact) mass is 369 g/mol. The highest BCUT2D eigenvalue weighted by atomic mass is 32.1. The van der Waals surface area contributed by atoms with Crippen molar-refractivity contribution in [1.82, 2.24) is 4.68 Å². The molecule has 0 radical (unpaired) electrons. The van der Waals surface area contributed by atoms with Crippen LogP contribution in [0.25, 0.3) is 0 Å². The van der Waals surface area contributed by atoms with Crippen molar-refractivity contribution in [2.45, 2.75) is 20.8 Å². The van der Waals surface area contributed by atoms with Gasteiger partial charge in [-0.15, -0.1) is 11.3 Å². The molecular formula is C19H19N3O3S. The van der Waals surface area contributed by atoms with Crippen LogP contribution >= 0.6 is 11.3 Å². The molecule has 0 bridgehead atoms. The Labute approximate surface area is 154 Å². The molecule has 6 nitrogen and oxygen atoms in total. The van der Waals surface area contributed by atoms with Gasteiger partial charge in [-0.1, -0.05) is 12.1 Å². The van der Waals surface area contributed by atoms with E-state index in [0.29, 0.717) is 4.80 Å². The predicted octanol–water partition coefficient (Wildman–Crippen LogP) is 3.71. The minimum Gasteiger partial charge on any atom is -0.504 e. The zero-order valence-electron chi connectivity index (χ0n) is 14.6. The van der Waals surface area contributed by atoms with E-state index in [-0.39, 0.29) is 11.3 Å². The molecule has 26 heavy (non-hydrogen) atoms. The number of nitrogens with zero attached hydrogens (tertiary/aromatic N) is 3. The first-order valence-electron chi connectivity index (χ1n) is 7.94. The van der Waals surface area contributed by atoms with E-state index in [0.717, 1.165) is 22.5 Å². The molecule has 0 amide bonds. The molecule has 0 aliphatic rings. The summed E-state index contributed by atoms with van der Waals surface area (Å²) in [7, 11) is 0. The maximum absolute atomic E-state index is 9.92. The van der Waals surface area contributed by atoms with E-state index < -0.39 is 11.5 Å². The van der Waals surface area contributed by atoms with E-state index in [1.807, 2.05) is 44.4 Å². The maximum atomic E-state index is 9.92. The summed E-state index contributed by atoms with van der Waals surface area (Å²) >= 11 is 1.46. The van der Waals surface area contributed by atoms with Gasteiger partial charge in [0.25, 0.3) is 0 Å². The van der Waals surface area contributed by atoms with Crippen molar-refractivity contribution in [3.8, 4) is 17.2 Å². The van der Waals surface area contributed by atoms with Crippen molar-refractivity contribution in [1.29, 1.82) is 0 Å². The average molecular weight is 369 g/mol. The van der Waals surface area contributed by atoms with Crippen molar-refractivity contribution < 1.29 is 15.3 Å². The lowest BCUT2D eigenvalue weighted by molar-refractivity contribution is 0.367. The molecule has 0 aliphatic heterocycles. The normalized spacial score (nSPS) is 12.2. The summed E-state index contributed by atoms with van der Waals surface area (Å²) in [5, 5.41) is 35.3. The van der Waals surface area contributed by atoms with Gasteiger partial charge in [0, 0.05) is 10.9 Å². The third-order valence-electron chi connectivity index (χ3n) is 3.90. The second-order valence-electron chi connectivity index (χ2n) is 5.99. The molecule has 0 saturated heterocycles. The first-order valence-corrected chi connectivity index (χ1v) is 8.82. The Hall–Kier alpha value is -3.06. The highest BCUT2D eigenvalue weighted by Gasteiger charge is 2.09. The van der Waals surface area contributed by atoms with E-state index in [9.17, 15) is 15.3 Å². The summed E-state index contributed by atoms with van der Waals surface area (Å²) in [6.45, 7) is 5.93. The number of hydrogen-bond donors (Lipinski definition) is 3. The van der Waals surface area contributed by atoms with Crippen LogP contribution in [0.5, 0.6) is 17.2 Å². The van der Waals surface area contributed by atoms with Crippen LogP contribution < -0.4 is 4.80 Å². The van der Waals surface area contributed by atoms with Crippen molar-refractivity contribution in [2.75, 3.05) is 0 Å². The molecule has 3 N–H and O–H groups in total. The second kappa shape index (κ2) is 7.05. The summed E-state index contributed by atoms with van der Waals surface area (Å²) in [6.07, 6.45) is 1.41. The SMILES string of the molecule is Cc1ccc(C)c(N=c2scc(C)n2N=Cc2ccc(O)c(O)c2O)c1. The summed E-state index contributed by atoms with van der Waals surface area (Å²) in [6, 6.07) is 8.85. The van der Waals surface area contributed by atoms with Crippen LogP contribution in [0, 0.1) is 20.8 Å². The summed E-state index contributed by atoms with van der Waals surface area (Å²) in [5.41, 5.74) is 4.25. The molecule has 0 unspecified atom stereocenters. The van der Waals surface area contributed by atoms with Crippen LogP contribution in [0.3, 0.4) is 0 Å². The number of benzene rings is 2. The topological polar surface area (TPSA) is 90.3 Å². The largest absolute Gasteiger partial charge is 0.504 e. The van der Waals surface area contributed by atoms with Gasteiger partial charge in [0.15, 0.2) is 11.5 Å². The highest BCUT2D eigenvalue weighted by Crippen LogP contribution is 2.36. The zero-order valence-corrected chi connectivity index (χ0v) is 15.4. The van der Waals surface area contributed by atoms with Gasteiger partial charge in [0.2, 0.25) is 10.6 Å². The quantitative estimate of drug-likeness (QED) is 0.486. The molecule has 0 atom stereocenters. The van der Waals surface area contributed by atoms with E-state index in [4.69, 9.17) is 4.99 Å². The molecular weight excluding hydrogens is 350 g/mol. The number of aromatic hydroxyl groups is 3.